The van der Waals surface area contributed by atoms with Crippen molar-refractivity contribution in [1.29, 1.82) is 0 Å². The van der Waals surface area contributed by atoms with Crippen LogP contribution in [-0.4, -0.2) is 36.6 Å². The summed E-state index contributed by atoms with van der Waals surface area (Å²) in [5.74, 6) is 0.899. The number of fused-ring (bicyclic) bond motifs is 1. The van der Waals surface area contributed by atoms with Gasteiger partial charge in [-0.3, -0.25) is 0 Å². The van der Waals surface area contributed by atoms with Crippen LogP contribution >= 0.6 is 27.9 Å². The minimum Gasteiger partial charge on any atom is -0.496 e. The highest BCUT2D eigenvalue weighted by Crippen LogP contribution is 2.46. The van der Waals surface area contributed by atoms with Crippen molar-refractivity contribution in [3.05, 3.63) is 28.8 Å². The molecule has 0 bridgehead atoms. The van der Waals surface area contributed by atoms with Crippen molar-refractivity contribution in [3.8, 4) is 5.75 Å². The Hall–Kier alpha value is -0.650. The summed E-state index contributed by atoms with van der Waals surface area (Å²) in [6.07, 6.45) is 9.51. The van der Waals surface area contributed by atoms with E-state index in [1.54, 1.807) is 7.11 Å². The van der Waals surface area contributed by atoms with Crippen molar-refractivity contribution < 1.29 is 4.74 Å². The molecule has 5 heteroatoms. The molecule has 2 aliphatic rings. The summed E-state index contributed by atoms with van der Waals surface area (Å²) in [5, 5.41) is 0. The van der Waals surface area contributed by atoms with Gasteiger partial charge in [0.15, 0.2) is 0 Å². The molecule has 0 fully saturated rings. The Morgan fingerprint density at radius 2 is 2.17 bits per heavy atom. The van der Waals surface area contributed by atoms with Gasteiger partial charge in [-0.15, -0.1) is 0 Å². The van der Waals surface area contributed by atoms with Gasteiger partial charge in [-0.05, 0) is 66.8 Å². The van der Waals surface area contributed by atoms with Gasteiger partial charge < -0.3 is 9.64 Å². The maximum Gasteiger partial charge on any atom is 0.134 e. The fraction of sp³-hybridized carbons (Fsp3) is 0.579. The Morgan fingerprint density at radius 1 is 1.42 bits per heavy atom. The van der Waals surface area contributed by atoms with E-state index in [1.807, 2.05) is 11.9 Å². The summed E-state index contributed by atoms with van der Waals surface area (Å²) < 4.78 is 8.99. The second kappa shape index (κ2) is 7.30. The molecule has 3 nitrogen and oxygen atoms in total. The SMILES string of the molecule is CCCC[C@@H]1CN(C2(C)C=CC2)c2cc(Br)c(OC)cc2SN1C. The third-order valence-electron chi connectivity index (χ3n) is 5.19. The predicted octanol–water partition coefficient (Wildman–Crippen LogP) is 5.49. The van der Waals surface area contributed by atoms with E-state index in [0.29, 0.717) is 6.04 Å². The van der Waals surface area contributed by atoms with Gasteiger partial charge >= 0.3 is 0 Å². The molecule has 1 aromatic rings. The Kier molecular flexibility index (Phi) is 5.52. The molecule has 1 heterocycles. The van der Waals surface area contributed by atoms with Crippen LogP contribution in [0.15, 0.2) is 33.7 Å². The van der Waals surface area contributed by atoms with Crippen molar-refractivity contribution in [3.63, 3.8) is 0 Å². The van der Waals surface area contributed by atoms with E-state index in [9.17, 15) is 0 Å². The summed E-state index contributed by atoms with van der Waals surface area (Å²) in [4.78, 5) is 3.88. The molecule has 1 aliphatic heterocycles. The van der Waals surface area contributed by atoms with Gasteiger partial charge in [0.05, 0.1) is 27.7 Å². The lowest BCUT2D eigenvalue weighted by Crippen LogP contribution is -2.52. The molecule has 24 heavy (non-hydrogen) atoms. The smallest absolute Gasteiger partial charge is 0.134 e. The van der Waals surface area contributed by atoms with E-state index in [1.165, 1.54) is 29.8 Å². The number of hydrogen-bond acceptors (Lipinski definition) is 4. The molecule has 2 atom stereocenters. The van der Waals surface area contributed by atoms with Crippen LogP contribution in [-0.2, 0) is 0 Å². The average Bonchev–Trinajstić information content (AvgIpc) is 2.66. The van der Waals surface area contributed by atoms with Crippen molar-refractivity contribution in [2.24, 2.45) is 0 Å². The van der Waals surface area contributed by atoms with Gasteiger partial charge in [-0.2, -0.15) is 0 Å². The molecule has 0 amide bonds. The van der Waals surface area contributed by atoms with Gasteiger partial charge in [-0.25, -0.2) is 4.31 Å². The van der Waals surface area contributed by atoms with E-state index in [4.69, 9.17) is 4.74 Å². The maximum atomic E-state index is 5.53. The second-order valence-corrected chi connectivity index (χ2v) is 9.01. The van der Waals surface area contributed by atoms with Crippen molar-refractivity contribution in [2.45, 2.75) is 56.0 Å². The van der Waals surface area contributed by atoms with Crippen LogP contribution in [0.1, 0.15) is 39.5 Å². The first kappa shape index (κ1) is 18.2. The lowest BCUT2D eigenvalue weighted by atomic mass is 9.84. The molecular formula is C19H27BrN2OS. The first-order chi connectivity index (χ1) is 11.5. The quantitative estimate of drug-likeness (QED) is 0.470. The van der Waals surface area contributed by atoms with Crippen LogP contribution in [0, 0.1) is 0 Å². The summed E-state index contributed by atoms with van der Waals surface area (Å²) in [7, 11) is 3.96. The van der Waals surface area contributed by atoms with E-state index < -0.39 is 0 Å². The van der Waals surface area contributed by atoms with Crippen LogP contribution in [0.5, 0.6) is 5.75 Å². The van der Waals surface area contributed by atoms with Gasteiger partial charge in [0, 0.05) is 12.6 Å². The zero-order valence-electron chi connectivity index (χ0n) is 15.0. The van der Waals surface area contributed by atoms with Crippen LogP contribution in [0.3, 0.4) is 0 Å². The van der Waals surface area contributed by atoms with E-state index in [-0.39, 0.29) is 5.54 Å². The third kappa shape index (κ3) is 3.35. The largest absolute Gasteiger partial charge is 0.496 e. The van der Waals surface area contributed by atoms with Crippen molar-refractivity contribution in [1.82, 2.24) is 4.31 Å². The Balaban J connectivity index is 2.02. The fourth-order valence-corrected chi connectivity index (χ4v) is 5.02. The first-order valence-corrected chi connectivity index (χ1v) is 10.3. The van der Waals surface area contributed by atoms with E-state index in [2.05, 4.69) is 70.3 Å². The molecule has 0 aromatic heterocycles. The molecule has 1 unspecified atom stereocenters. The predicted molar refractivity (Wildman–Crippen MR) is 107 cm³/mol. The number of unbranched alkanes of at least 4 members (excludes halogenated alkanes) is 1. The minimum absolute atomic E-state index is 0.124. The maximum absolute atomic E-state index is 5.53. The lowest BCUT2D eigenvalue weighted by molar-refractivity contribution is 0.349. The number of anilines is 1. The number of rotatable bonds is 5. The summed E-state index contributed by atoms with van der Waals surface area (Å²) in [6.45, 7) is 5.69. The standard InChI is InChI=1S/C19H27BrN2OS/c1-5-6-8-14-13-22(19(2)9-7-10-19)16-11-15(20)17(23-4)12-18(16)24-21(14)3/h7,9,11-12,14H,5-6,8,10,13H2,1-4H3/t14-,19?/m1/s1. The van der Waals surface area contributed by atoms with Crippen molar-refractivity contribution in [2.75, 3.05) is 25.6 Å². The zero-order valence-corrected chi connectivity index (χ0v) is 17.4. The van der Waals surface area contributed by atoms with Gasteiger partial charge in [0.25, 0.3) is 0 Å². The number of hydrogen-bond donors (Lipinski definition) is 0. The zero-order chi connectivity index (χ0) is 17.3. The number of benzene rings is 1. The molecule has 0 saturated carbocycles. The van der Waals surface area contributed by atoms with Crippen molar-refractivity contribution >= 4 is 33.6 Å². The summed E-state index contributed by atoms with van der Waals surface area (Å²) >= 11 is 5.53. The molecule has 1 aliphatic carbocycles. The Morgan fingerprint density at radius 3 is 2.75 bits per heavy atom. The lowest BCUT2D eigenvalue weighted by Gasteiger charge is -2.46. The van der Waals surface area contributed by atoms with Crippen LogP contribution in [0.25, 0.3) is 0 Å². The highest BCUT2D eigenvalue weighted by atomic mass is 79.9. The van der Waals surface area contributed by atoms with Gasteiger partial charge in [0.2, 0.25) is 0 Å². The molecule has 0 spiro atoms. The van der Waals surface area contributed by atoms with E-state index in [0.717, 1.165) is 23.2 Å². The average molecular weight is 411 g/mol. The molecular weight excluding hydrogens is 384 g/mol. The number of ether oxygens (including phenoxy) is 1. The minimum atomic E-state index is 0.124. The molecule has 1 aromatic carbocycles. The van der Waals surface area contributed by atoms with Crippen LogP contribution in [0.2, 0.25) is 0 Å². The van der Waals surface area contributed by atoms with Gasteiger partial charge in [0.1, 0.15) is 5.75 Å². The monoisotopic (exact) mass is 410 g/mol. The molecule has 0 radical (unpaired) electrons. The highest BCUT2D eigenvalue weighted by Gasteiger charge is 2.38. The van der Waals surface area contributed by atoms with E-state index >= 15 is 0 Å². The first-order valence-electron chi connectivity index (χ1n) is 8.72. The number of likely N-dealkylation sites (N-methyl/N-ethyl adjacent to an activating group) is 1. The Bertz CT molecular complexity index is 636. The number of methoxy groups -OCH3 is 1. The number of halogens is 1. The molecule has 0 saturated heterocycles. The van der Waals surface area contributed by atoms with Crippen LogP contribution < -0.4 is 9.64 Å². The molecule has 0 N–H and O–H groups in total. The Labute approximate surface area is 158 Å². The summed E-state index contributed by atoms with van der Waals surface area (Å²) in [5.41, 5.74) is 1.43. The molecule has 132 valence electrons. The molecule has 3 rings (SSSR count). The normalized spacial score (nSPS) is 26.7. The van der Waals surface area contributed by atoms with Crippen LogP contribution in [0.4, 0.5) is 5.69 Å². The topological polar surface area (TPSA) is 15.7 Å². The second-order valence-electron chi connectivity index (χ2n) is 6.96. The fourth-order valence-electron chi connectivity index (χ4n) is 3.47. The highest BCUT2D eigenvalue weighted by molar-refractivity contribution is 9.10. The van der Waals surface area contributed by atoms with Gasteiger partial charge in [-0.1, -0.05) is 31.9 Å². The number of nitrogens with zero attached hydrogens (tertiary/aromatic N) is 2. The third-order valence-corrected chi connectivity index (χ3v) is 6.92. The summed E-state index contributed by atoms with van der Waals surface area (Å²) in [6, 6.07) is 4.95.